The molecule has 132 valence electrons. The number of nitrogens with zero attached hydrogens (tertiary/aromatic N) is 2. The predicted molar refractivity (Wildman–Crippen MR) is 99.1 cm³/mol. The Labute approximate surface area is 151 Å². The van der Waals surface area contributed by atoms with E-state index in [-0.39, 0.29) is 17.0 Å². The fraction of sp³-hybridized carbons (Fsp3) is 0.150. The van der Waals surface area contributed by atoms with Crippen molar-refractivity contribution >= 4 is 17.5 Å². The molecular formula is C20H19N3O3. The molecule has 0 aliphatic rings. The highest BCUT2D eigenvalue weighted by Gasteiger charge is 2.14. The number of hydrogen-bond donors (Lipinski definition) is 3. The van der Waals surface area contributed by atoms with Crippen LogP contribution >= 0.6 is 0 Å². The second kappa shape index (κ2) is 7.23. The van der Waals surface area contributed by atoms with E-state index in [1.165, 1.54) is 18.2 Å². The van der Waals surface area contributed by atoms with E-state index in [9.17, 15) is 9.90 Å². The van der Waals surface area contributed by atoms with Crippen molar-refractivity contribution in [3.8, 4) is 5.75 Å². The second-order valence-electron chi connectivity index (χ2n) is 6.01. The minimum Gasteiger partial charge on any atom is -0.506 e. The van der Waals surface area contributed by atoms with E-state index in [0.717, 1.165) is 16.8 Å². The van der Waals surface area contributed by atoms with Gasteiger partial charge >= 0.3 is 5.97 Å². The molecule has 3 N–H and O–H groups in total. The third-order valence-electron chi connectivity index (χ3n) is 4.05. The second-order valence-corrected chi connectivity index (χ2v) is 6.01. The SMILES string of the molecule is Cc1nc(C)c(Cc2ccccc2)c(Nc2cc(C(=O)O)ccc2O)n1. The summed E-state index contributed by atoms with van der Waals surface area (Å²) in [7, 11) is 0. The molecule has 0 bridgehead atoms. The Morgan fingerprint density at radius 1 is 1.08 bits per heavy atom. The summed E-state index contributed by atoms with van der Waals surface area (Å²) in [4.78, 5) is 20.1. The minimum atomic E-state index is -1.06. The summed E-state index contributed by atoms with van der Waals surface area (Å²) in [6, 6.07) is 14.0. The highest BCUT2D eigenvalue weighted by Crippen LogP contribution is 2.30. The monoisotopic (exact) mass is 349 g/mol. The molecule has 0 atom stereocenters. The summed E-state index contributed by atoms with van der Waals surface area (Å²) in [5.41, 5.74) is 3.20. The van der Waals surface area contributed by atoms with Crippen molar-refractivity contribution < 1.29 is 15.0 Å². The smallest absolute Gasteiger partial charge is 0.335 e. The number of phenolic OH excluding ortho intramolecular Hbond substituents is 1. The number of rotatable bonds is 5. The number of aromatic nitrogens is 2. The van der Waals surface area contributed by atoms with Crippen molar-refractivity contribution in [2.75, 3.05) is 5.32 Å². The molecule has 0 spiro atoms. The van der Waals surface area contributed by atoms with Gasteiger partial charge in [0, 0.05) is 17.7 Å². The molecule has 0 radical (unpaired) electrons. The Kier molecular flexibility index (Phi) is 4.84. The van der Waals surface area contributed by atoms with Gasteiger partial charge in [0.15, 0.2) is 0 Å². The molecule has 3 aromatic rings. The largest absolute Gasteiger partial charge is 0.506 e. The number of carbonyl (C=O) groups is 1. The summed E-state index contributed by atoms with van der Waals surface area (Å²) in [6.07, 6.45) is 0.620. The van der Waals surface area contributed by atoms with Crippen LogP contribution in [0.1, 0.15) is 33.0 Å². The van der Waals surface area contributed by atoms with Crippen molar-refractivity contribution in [1.29, 1.82) is 0 Å². The van der Waals surface area contributed by atoms with Crippen molar-refractivity contribution in [2.24, 2.45) is 0 Å². The topological polar surface area (TPSA) is 95.3 Å². The van der Waals surface area contributed by atoms with E-state index >= 15 is 0 Å². The Bertz CT molecular complexity index is 956. The molecule has 2 aromatic carbocycles. The zero-order valence-corrected chi connectivity index (χ0v) is 14.5. The van der Waals surface area contributed by atoms with Gasteiger partial charge in [-0.2, -0.15) is 0 Å². The number of aromatic hydroxyl groups is 1. The first-order valence-corrected chi connectivity index (χ1v) is 8.15. The molecule has 3 rings (SSSR count). The van der Waals surface area contributed by atoms with Gasteiger partial charge in [-0.3, -0.25) is 0 Å². The van der Waals surface area contributed by atoms with Crippen molar-refractivity contribution in [3.05, 3.63) is 76.7 Å². The molecule has 0 saturated heterocycles. The molecule has 6 nitrogen and oxygen atoms in total. The summed E-state index contributed by atoms with van der Waals surface area (Å²) in [5.74, 6) is 0.0366. The zero-order chi connectivity index (χ0) is 18.7. The molecule has 0 fully saturated rings. The van der Waals surface area contributed by atoms with Crippen LogP contribution < -0.4 is 5.32 Å². The molecule has 1 aromatic heterocycles. The minimum absolute atomic E-state index is 0.0467. The van der Waals surface area contributed by atoms with Gasteiger partial charge in [-0.1, -0.05) is 30.3 Å². The maximum atomic E-state index is 11.2. The van der Waals surface area contributed by atoms with Crippen LogP contribution in [0.5, 0.6) is 5.75 Å². The van der Waals surface area contributed by atoms with E-state index in [2.05, 4.69) is 15.3 Å². The van der Waals surface area contributed by atoms with Gasteiger partial charge in [-0.15, -0.1) is 0 Å². The highest BCUT2D eigenvalue weighted by atomic mass is 16.4. The number of carboxylic acid groups (broad SMARTS) is 1. The Balaban J connectivity index is 2.02. The van der Waals surface area contributed by atoms with E-state index in [4.69, 9.17) is 5.11 Å². The average Bonchev–Trinajstić information content (AvgIpc) is 2.60. The molecule has 0 aliphatic heterocycles. The number of hydrogen-bond acceptors (Lipinski definition) is 5. The van der Waals surface area contributed by atoms with Crippen molar-refractivity contribution in [1.82, 2.24) is 9.97 Å². The van der Waals surface area contributed by atoms with Crippen LogP contribution in [0.4, 0.5) is 11.5 Å². The van der Waals surface area contributed by atoms with Crippen LogP contribution in [0, 0.1) is 13.8 Å². The lowest BCUT2D eigenvalue weighted by molar-refractivity contribution is 0.0697. The van der Waals surface area contributed by atoms with E-state index in [1.54, 1.807) is 6.92 Å². The van der Waals surface area contributed by atoms with Gasteiger partial charge in [-0.25, -0.2) is 14.8 Å². The maximum Gasteiger partial charge on any atom is 0.335 e. The quantitative estimate of drug-likeness (QED) is 0.606. The van der Waals surface area contributed by atoms with Crippen LogP contribution in [0.25, 0.3) is 0 Å². The van der Waals surface area contributed by atoms with Gasteiger partial charge in [0.05, 0.1) is 11.3 Å². The normalized spacial score (nSPS) is 10.5. The van der Waals surface area contributed by atoms with Crippen molar-refractivity contribution in [3.63, 3.8) is 0 Å². The number of nitrogens with one attached hydrogen (secondary N) is 1. The zero-order valence-electron chi connectivity index (χ0n) is 14.5. The van der Waals surface area contributed by atoms with Gasteiger partial charge in [-0.05, 0) is 37.6 Å². The van der Waals surface area contributed by atoms with E-state index < -0.39 is 5.97 Å². The predicted octanol–water partition coefficient (Wildman–Crippen LogP) is 3.83. The van der Waals surface area contributed by atoms with Crippen molar-refractivity contribution in [2.45, 2.75) is 20.3 Å². The number of benzene rings is 2. The van der Waals surface area contributed by atoms with Crippen LogP contribution in [-0.2, 0) is 6.42 Å². The molecule has 0 unspecified atom stereocenters. The van der Waals surface area contributed by atoms with Crippen LogP contribution in [0.15, 0.2) is 48.5 Å². The summed E-state index contributed by atoms with van der Waals surface area (Å²) in [5, 5.41) is 22.3. The van der Waals surface area contributed by atoms with Gasteiger partial charge in [0.25, 0.3) is 0 Å². The summed E-state index contributed by atoms with van der Waals surface area (Å²) >= 11 is 0. The van der Waals surface area contributed by atoms with Crippen LogP contribution in [-0.4, -0.2) is 26.2 Å². The highest BCUT2D eigenvalue weighted by molar-refractivity contribution is 5.90. The molecule has 0 amide bonds. The standard InChI is InChI=1S/C20H19N3O3/c1-12-16(10-14-6-4-3-5-7-14)19(22-13(2)21-12)23-17-11-15(20(25)26)8-9-18(17)24/h3-9,11,24H,10H2,1-2H3,(H,25,26)(H,21,22,23). The lowest BCUT2D eigenvalue weighted by Gasteiger charge is -2.15. The Hall–Kier alpha value is -3.41. The number of aryl methyl sites for hydroxylation is 2. The Morgan fingerprint density at radius 3 is 2.50 bits per heavy atom. The first-order valence-electron chi connectivity index (χ1n) is 8.15. The summed E-state index contributed by atoms with van der Waals surface area (Å²) < 4.78 is 0. The number of phenols is 1. The van der Waals surface area contributed by atoms with Gasteiger partial charge in [0.2, 0.25) is 0 Å². The number of carboxylic acids is 1. The lowest BCUT2D eigenvalue weighted by atomic mass is 10.0. The van der Waals surface area contributed by atoms with Crippen LogP contribution in [0.3, 0.4) is 0 Å². The first-order chi connectivity index (χ1) is 12.4. The number of anilines is 2. The third-order valence-corrected chi connectivity index (χ3v) is 4.05. The Morgan fingerprint density at radius 2 is 1.81 bits per heavy atom. The summed E-state index contributed by atoms with van der Waals surface area (Å²) in [6.45, 7) is 3.70. The molecule has 6 heteroatoms. The van der Waals surface area contributed by atoms with E-state index in [1.807, 2.05) is 37.3 Å². The number of aromatic carboxylic acids is 1. The first kappa shape index (κ1) is 17.4. The lowest BCUT2D eigenvalue weighted by Crippen LogP contribution is -2.07. The van der Waals surface area contributed by atoms with Gasteiger partial charge in [0.1, 0.15) is 17.4 Å². The fourth-order valence-corrected chi connectivity index (χ4v) is 2.75. The van der Waals surface area contributed by atoms with E-state index in [0.29, 0.717) is 18.1 Å². The average molecular weight is 349 g/mol. The fourth-order valence-electron chi connectivity index (χ4n) is 2.75. The van der Waals surface area contributed by atoms with Gasteiger partial charge < -0.3 is 15.5 Å². The third kappa shape index (κ3) is 3.80. The molecule has 0 saturated carbocycles. The molecule has 26 heavy (non-hydrogen) atoms. The maximum absolute atomic E-state index is 11.2. The molecular weight excluding hydrogens is 330 g/mol. The molecule has 1 heterocycles. The van der Waals surface area contributed by atoms with Crippen LogP contribution in [0.2, 0.25) is 0 Å². The molecule has 0 aliphatic carbocycles.